The van der Waals surface area contributed by atoms with Crippen LogP contribution in [0.15, 0.2) is 60.7 Å². The van der Waals surface area contributed by atoms with Crippen LogP contribution in [-0.4, -0.2) is 70.2 Å². The lowest BCUT2D eigenvalue weighted by Crippen LogP contribution is -2.52. The molecule has 2 aromatic carbocycles. The van der Waals surface area contributed by atoms with Crippen molar-refractivity contribution in [3.63, 3.8) is 0 Å². The summed E-state index contributed by atoms with van der Waals surface area (Å²) in [7, 11) is 3.03. The number of halogens is 6. The molecular formula is C31H38F6O8. The second kappa shape index (κ2) is 18.1. The molecule has 2 aromatic rings. The molecule has 0 spiro atoms. The number of ether oxygens (including phenoxy) is 6. The van der Waals surface area contributed by atoms with Crippen LogP contribution < -0.4 is 0 Å². The van der Waals surface area contributed by atoms with Gasteiger partial charge in [-0.2, -0.15) is 26.3 Å². The third-order valence-corrected chi connectivity index (χ3v) is 6.98. The van der Waals surface area contributed by atoms with Gasteiger partial charge in [0.05, 0.1) is 19.3 Å². The van der Waals surface area contributed by atoms with E-state index in [4.69, 9.17) is 18.9 Å². The van der Waals surface area contributed by atoms with Gasteiger partial charge in [-0.15, -0.1) is 0 Å². The van der Waals surface area contributed by atoms with Crippen molar-refractivity contribution in [3.05, 3.63) is 71.8 Å². The topological polar surface area (TPSA) is 89.5 Å². The summed E-state index contributed by atoms with van der Waals surface area (Å²) in [5, 5.41) is 0. The van der Waals surface area contributed by atoms with Crippen LogP contribution >= 0.6 is 0 Å². The molecule has 2 unspecified atom stereocenters. The monoisotopic (exact) mass is 652 g/mol. The fourth-order valence-corrected chi connectivity index (χ4v) is 4.49. The minimum atomic E-state index is -4.90. The molecular weight excluding hydrogens is 614 g/mol. The van der Waals surface area contributed by atoms with Crippen molar-refractivity contribution in [1.29, 1.82) is 0 Å². The van der Waals surface area contributed by atoms with Gasteiger partial charge in [0.15, 0.2) is 25.4 Å². The molecule has 252 valence electrons. The van der Waals surface area contributed by atoms with Gasteiger partial charge in [0.2, 0.25) is 0 Å². The Morgan fingerprint density at radius 2 is 1.22 bits per heavy atom. The summed E-state index contributed by atoms with van der Waals surface area (Å²) in [5.74, 6) is -6.15. The zero-order chi connectivity index (χ0) is 33.6. The molecule has 0 amide bonds. The molecule has 1 aliphatic rings. The first-order chi connectivity index (χ1) is 21.1. The van der Waals surface area contributed by atoms with Crippen LogP contribution in [0.3, 0.4) is 0 Å². The third-order valence-electron chi connectivity index (χ3n) is 6.98. The number of methoxy groups -OCH3 is 2. The highest BCUT2D eigenvalue weighted by molar-refractivity contribution is 5.95. The SMILES string of the molecule is COCc1ccccc1.CO[C@H]1OC(CC(C(=O)OCC(F)(F)F)C(=O)OCC(F)(F)F)[C@@H](C)[C@H](C)C1OCc1ccccc1. The Kier molecular flexibility index (Phi) is 15.3. The first kappa shape index (κ1) is 38.0. The largest absolute Gasteiger partial charge is 0.455 e. The molecule has 14 heteroatoms. The molecule has 1 heterocycles. The summed E-state index contributed by atoms with van der Waals surface area (Å²) in [4.78, 5) is 24.6. The predicted molar refractivity (Wildman–Crippen MR) is 148 cm³/mol. The number of hydrogen-bond donors (Lipinski definition) is 0. The van der Waals surface area contributed by atoms with Gasteiger partial charge in [-0.1, -0.05) is 74.5 Å². The molecule has 0 radical (unpaired) electrons. The van der Waals surface area contributed by atoms with Gasteiger partial charge in [-0.25, -0.2) is 0 Å². The van der Waals surface area contributed by atoms with Gasteiger partial charge in [0.1, 0.15) is 6.10 Å². The lowest BCUT2D eigenvalue weighted by Gasteiger charge is -2.44. The van der Waals surface area contributed by atoms with Crippen molar-refractivity contribution >= 4 is 11.9 Å². The van der Waals surface area contributed by atoms with Crippen molar-refractivity contribution in [3.8, 4) is 0 Å². The molecule has 0 aromatic heterocycles. The normalized spacial score (nSPS) is 21.9. The summed E-state index contributed by atoms with van der Waals surface area (Å²) in [6, 6.07) is 19.3. The number of carbonyl (C=O) groups is 2. The van der Waals surface area contributed by atoms with E-state index < -0.39 is 74.3 Å². The molecule has 45 heavy (non-hydrogen) atoms. The zero-order valence-corrected chi connectivity index (χ0v) is 25.3. The van der Waals surface area contributed by atoms with Crippen LogP contribution in [0.25, 0.3) is 0 Å². The number of benzene rings is 2. The molecule has 1 saturated heterocycles. The van der Waals surface area contributed by atoms with Gasteiger partial charge in [-0.05, 0) is 29.4 Å². The Bertz CT molecular complexity index is 1110. The van der Waals surface area contributed by atoms with Crippen LogP contribution in [0.5, 0.6) is 0 Å². The number of alkyl halides is 6. The molecule has 5 atom stereocenters. The van der Waals surface area contributed by atoms with Crippen molar-refractivity contribution < 1.29 is 64.4 Å². The van der Waals surface area contributed by atoms with Gasteiger partial charge in [-0.3, -0.25) is 9.59 Å². The zero-order valence-electron chi connectivity index (χ0n) is 25.3. The highest BCUT2D eigenvalue weighted by atomic mass is 19.4. The highest BCUT2D eigenvalue weighted by Gasteiger charge is 2.46. The fraction of sp³-hybridized carbons (Fsp3) is 0.548. The van der Waals surface area contributed by atoms with Crippen molar-refractivity contribution in [1.82, 2.24) is 0 Å². The Balaban J connectivity index is 0.000000669. The summed E-state index contributed by atoms with van der Waals surface area (Å²) in [5.41, 5.74) is 2.11. The van der Waals surface area contributed by atoms with Gasteiger partial charge >= 0.3 is 24.3 Å². The molecule has 1 aliphatic heterocycles. The second-order valence-corrected chi connectivity index (χ2v) is 10.4. The molecule has 1 fully saturated rings. The quantitative estimate of drug-likeness (QED) is 0.151. The molecule has 3 rings (SSSR count). The van der Waals surface area contributed by atoms with Gasteiger partial charge in [0.25, 0.3) is 0 Å². The third kappa shape index (κ3) is 13.8. The number of rotatable bonds is 12. The Morgan fingerprint density at radius 3 is 1.64 bits per heavy atom. The lowest BCUT2D eigenvalue weighted by molar-refractivity contribution is -0.277. The van der Waals surface area contributed by atoms with Crippen molar-refractivity contribution in [2.45, 2.75) is 64.3 Å². The summed E-state index contributed by atoms with van der Waals surface area (Å²) >= 11 is 0. The molecule has 8 nitrogen and oxygen atoms in total. The van der Waals surface area contributed by atoms with E-state index in [9.17, 15) is 35.9 Å². The van der Waals surface area contributed by atoms with Crippen LogP contribution in [0.2, 0.25) is 0 Å². The van der Waals surface area contributed by atoms with Gasteiger partial charge < -0.3 is 28.4 Å². The Labute approximate surface area is 257 Å². The average Bonchev–Trinajstić information content (AvgIpc) is 2.99. The van der Waals surface area contributed by atoms with Crippen LogP contribution in [-0.2, 0) is 51.2 Å². The minimum Gasteiger partial charge on any atom is -0.455 e. The maximum absolute atomic E-state index is 12.5. The van der Waals surface area contributed by atoms with E-state index >= 15 is 0 Å². The summed E-state index contributed by atoms with van der Waals surface area (Å²) in [6.07, 6.45) is -12.9. The first-order valence-electron chi connectivity index (χ1n) is 14.0. The van der Waals surface area contributed by atoms with E-state index in [1.54, 1.807) is 21.0 Å². The van der Waals surface area contributed by atoms with Crippen LogP contribution in [0, 0.1) is 17.8 Å². The van der Waals surface area contributed by atoms with Gasteiger partial charge in [0, 0.05) is 14.2 Å². The van der Waals surface area contributed by atoms with E-state index in [1.165, 1.54) is 12.7 Å². The first-order valence-corrected chi connectivity index (χ1v) is 14.0. The van der Waals surface area contributed by atoms with Crippen molar-refractivity contribution in [2.75, 3.05) is 27.4 Å². The number of hydrogen-bond acceptors (Lipinski definition) is 8. The summed E-state index contributed by atoms with van der Waals surface area (Å²) < 4.78 is 105. The second-order valence-electron chi connectivity index (χ2n) is 10.4. The predicted octanol–water partition coefficient (Wildman–Crippen LogP) is 6.27. The molecule has 0 N–H and O–H groups in total. The van der Waals surface area contributed by atoms with Crippen LogP contribution in [0.4, 0.5) is 26.3 Å². The lowest BCUT2D eigenvalue weighted by atomic mass is 9.80. The van der Waals surface area contributed by atoms with E-state index in [1.807, 2.05) is 60.7 Å². The number of carbonyl (C=O) groups excluding carboxylic acids is 2. The maximum atomic E-state index is 12.5. The molecule has 0 aliphatic carbocycles. The summed E-state index contributed by atoms with van der Waals surface area (Å²) in [6.45, 7) is 0.401. The number of esters is 2. The van der Waals surface area contributed by atoms with Crippen molar-refractivity contribution in [2.24, 2.45) is 17.8 Å². The smallest absolute Gasteiger partial charge is 0.422 e. The maximum Gasteiger partial charge on any atom is 0.422 e. The average molecular weight is 653 g/mol. The highest BCUT2D eigenvalue weighted by Crippen LogP contribution is 2.37. The standard InChI is InChI=1S/C23H28F6O7.C8H10O/c1-13-14(2)18(33-10-15-7-5-4-6-8-15)21(32-3)36-17(13)9-16(19(30)34-11-22(24,25)26)20(31)35-12-23(27,28)29;1-9-7-8-5-3-2-4-6-8/h4-8,13-14,16-18,21H,9-12H2,1-3H3;2-6H,7H2,1H3/t13-,14-,17?,18?,21-;/m0./s1. The van der Waals surface area contributed by atoms with Crippen LogP contribution in [0.1, 0.15) is 31.4 Å². The van der Waals surface area contributed by atoms with E-state index in [2.05, 4.69) is 9.47 Å². The Morgan fingerprint density at radius 1 is 0.756 bits per heavy atom. The van der Waals surface area contributed by atoms with E-state index in [-0.39, 0.29) is 12.5 Å². The molecule has 0 saturated carbocycles. The minimum absolute atomic E-state index is 0.229. The Hall–Kier alpha value is -3.20. The molecule has 0 bridgehead atoms. The van der Waals surface area contributed by atoms with E-state index in [0.29, 0.717) is 6.61 Å². The van der Waals surface area contributed by atoms with E-state index in [0.717, 1.165) is 5.56 Å². The fourth-order valence-electron chi connectivity index (χ4n) is 4.49.